The van der Waals surface area contributed by atoms with E-state index in [0.29, 0.717) is 28.4 Å². The molecular weight excluding hydrogens is 381 g/mol. The molecule has 4 nitrogen and oxygen atoms in total. The summed E-state index contributed by atoms with van der Waals surface area (Å²) in [5, 5.41) is 13.0. The van der Waals surface area contributed by atoms with E-state index < -0.39 is 0 Å². The summed E-state index contributed by atoms with van der Waals surface area (Å²) in [4.78, 5) is 0. The van der Waals surface area contributed by atoms with E-state index in [1.165, 1.54) is 0 Å². The SMILES string of the molecule is Clc1ccc(NCc2ccccc2-c2nnc(-c3ccccc3Cl)o2)cc1. The molecule has 0 bridgehead atoms. The fourth-order valence-electron chi connectivity index (χ4n) is 2.72. The molecule has 0 atom stereocenters. The Morgan fingerprint density at radius 3 is 2.11 bits per heavy atom. The van der Waals surface area contributed by atoms with Gasteiger partial charge in [0.25, 0.3) is 0 Å². The maximum atomic E-state index is 6.23. The van der Waals surface area contributed by atoms with Crippen LogP contribution in [0.2, 0.25) is 10.0 Å². The highest BCUT2D eigenvalue weighted by molar-refractivity contribution is 6.33. The van der Waals surface area contributed by atoms with Crippen LogP contribution in [0, 0.1) is 0 Å². The van der Waals surface area contributed by atoms with Crippen LogP contribution in [-0.4, -0.2) is 10.2 Å². The highest BCUT2D eigenvalue weighted by atomic mass is 35.5. The van der Waals surface area contributed by atoms with Gasteiger partial charge in [-0.15, -0.1) is 10.2 Å². The second kappa shape index (κ2) is 7.82. The number of benzene rings is 3. The Morgan fingerprint density at radius 2 is 1.37 bits per heavy atom. The molecule has 0 unspecified atom stereocenters. The minimum atomic E-state index is 0.399. The Bertz CT molecular complexity index is 1060. The first-order chi connectivity index (χ1) is 13.2. The highest BCUT2D eigenvalue weighted by Gasteiger charge is 2.15. The highest BCUT2D eigenvalue weighted by Crippen LogP contribution is 2.30. The van der Waals surface area contributed by atoms with Crippen LogP contribution in [-0.2, 0) is 6.54 Å². The van der Waals surface area contributed by atoms with Crippen molar-refractivity contribution in [2.45, 2.75) is 6.54 Å². The molecule has 3 aromatic carbocycles. The lowest BCUT2D eigenvalue weighted by molar-refractivity contribution is 0.584. The van der Waals surface area contributed by atoms with Gasteiger partial charge in [-0.2, -0.15) is 0 Å². The maximum Gasteiger partial charge on any atom is 0.249 e. The lowest BCUT2D eigenvalue weighted by Gasteiger charge is -2.09. The van der Waals surface area contributed by atoms with Crippen LogP contribution in [0.15, 0.2) is 77.2 Å². The van der Waals surface area contributed by atoms with Crippen molar-refractivity contribution in [1.82, 2.24) is 10.2 Å². The molecule has 0 aliphatic rings. The van der Waals surface area contributed by atoms with E-state index in [0.717, 1.165) is 22.4 Å². The zero-order valence-corrected chi connectivity index (χ0v) is 15.7. The first-order valence-electron chi connectivity index (χ1n) is 8.37. The number of hydrogen-bond acceptors (Lipinski definition) is 4. The Morgan fingerprint density at radius 1 is 0.741 bits per heavy atom. The molecule has 0 aliphatic heterocycles. The van der Waals surface area contributed by atoms with Gasteiger partial charge in [0.2, 0.25) is 11.8 Å². The summed E-state index contributed by atoms with van der Waals surface area (Å²) in [5.74, 6) is 0.856. The molecule has 134 valence electrons. The molecule has 27 heavy (non-hydrogen) atoms. The van der Waals surface area contributed by atoms with Crippen LogP contribution in [0.1, 0.15) is 5.56 Å². The average Bonchev–Trinajstić information content (AvgIpc) is 3.18. The van der Waals surface area contributed by atoms with E-state index in [4.69, 9.17) is 27.6 Å². The van der Waals surface area contributed by atoms with Crippen molar-refractivity contribution in [3.63, 3.8) is 0 Å². The minimum Gasteiger partial charge on any atom is -0.416 e. The molecule has 1 heterocycles. The predicted octanol–water partition coefficient (Wildman–Crippen LogP) is 6.32. The number of halogens is 2. The van der Waals surface area contributed by atoms with Crippen molar-refractivity contribution in [1.29, 1.82) is 0 Å². The van der Waals surface area contributed by atoms with Gasteiger partial charge in [0, 0.05) is 22.8 Å². The molecule has 0 radical (unpaired) electrons. The third-order valence-corrected chi connectivity index (χ3v) is 4.69. The standard InChI is InChI=1S/C21H15Cl2N3O/c22-15-9-11-16(12-10-15)24-13-14-5-1-2-6-17(14)20-25-26-21(27-20)18-7-3-4-8-19(18)23/h1-12,24H,13H2. The first-order valence-corrected chi connectivity index (χ1v) is 9.12. The van der Waals surface area contributed by atoms with Crippen molar-refractivity contribution in [2.75, 3.05) is 5.32 Å². The van der Waals surface area contributed by atoms with E-state index in [2.05, 4.69) is 15.5 Å². The first kappa shape index (κ1) is 17.6. The second-order valence-electron chi connectivity index (χ2n) is 5.91. The number of nitrogens with zero attached hydrogens (tertiary/aromatic N) is 2. The van der Waals surface area contributed by atoms with Crippen LogP contribution in [0.4, 0.5) is 5.69 Å². The Hall–Kier alpha value is -2.82. The molecule has 4 rings (SSSR count). The third kappa shape index (κ3) is 3.97. The fourth-order valence-corrected chi connectivity index (χ4v) is 3.07. The molecule has 0 saturated heterocycles. The fraction of sp³-hybridized carbons (Fsp3) is 0.0476. The summed E-state index contributed by atoms with van der Waals surface area (Å²) in [7, 11) is 0. The van der Waals surface area contributed by atoms with Crippen LogP contribution in [0.5, 0.6) is 0 Å². The van der Waals surface area contributed by atoms with Gasteiger partial charge in [0.15, 0.2) is 0 Å². The van der Waals surface area contributed by atoms with Crippen LogP contribution < -0.4 is 5.32 Å². The van der Waals surface area contributed by atoms with Gasteiger partial charge in [-0.05, 0) is 48.0 Å². The quantitative estimate of drug-likeness (QED) is 0.429. The molecule has 6 heteroatoms. The number of anilines is 1. The smallest absolute Gasteiger partial charge is 0.249 e. The van der Waals surface area contributed by atoms with E-state index in [1.54, 1.807) is 6.07 Å². The Balaban J connectivity index is 1.60. The van der Waals surface area contributed by atoms with Crippen LogP contribution in [0.25, 0.3) is 22.9 Å². The summed E-state index contributed by atoms with van der Waals surface area (Å²) in [5.41, 5.74) is 3.62. The van der Waals surface area contributed by atoms with Crippen LogP contribution in [0.3, 0.4) is 0 Å². The number of aromatic nitrogens is 2. The zero-order chi connectivity index (χ0) is 18.6. The third-order valence-electron chi connectivity index (χ3n) is 4.10. The molecular formula is C21H15Cl2N3O. The van der Waals surface area contributed by atoms with Gasteiger partial charge in [0.05, 0.1) is 10.6 Å². The summed E-state index contributed by atoms with van der Waals surface area (Å²) >= 11 is 12.2. The Kier molecular flexibility index (Phi) is 5.10. The monoisotopic (exact) mass is 395 g/mol. The van der Waals surface area contributed by atoms with E-state index in [9.17, 15) is 0 Å². The van der Waals surface area contributed by atoms with Gasteiger partial charge < -0.3 is 9.73 Å². The van der Waals surface area contributed by atoms with Gasteiger partial charge in [0.1, 0.15) is 0 Å². The molecule has 1 aromatic heterocycles. The molecule has 4 aromatic rings. The van der Waals surface area contributed by atoms with E-state index >= 15 is 0 Å². The van der Waals surface area contributed by atoms with E-state index in [1.807, 2.05) is 66.7 Å². The second-order valence-corrected chi connectivity index (χ2v) is 6.75. The molecule has 1 N–H and O–H groups in total. The molecule has 0 amide bonds. The van der Waals surface area contributed by atoms with Crippen molar-refractivity contribution in [3.8, 4) is 22.9 Å². The van der Waals surface area contributed by atoms with Crippen molar-refractivity contribution in [3.05, 3.63) is 88.4 Å². The number of hydrogen-bond donors (Lipinski definition) is 1. The van der Waals surface area contributed by atoms with Gasteiger partial charge in [-0.25, -0.2) is 0 Å². The summed E-state index contributed by atoms with van der Waals surface area (Å²) in [6.45, 7) is 0.613. The number of rotatable bonds is 5. The van der Waals surface area contributed by atoms with Crippen molar-refractivity contribution in [2.24, 2.45) is 0 Å². The zero-order valence-electron chi connectivity index (χ0n) is 14.2. The normalized spacial score (nSPS) is 10.7. The lowest BCUT2D eigenvalue weighted by Crippen LogP contribution is -2.01. The maximum absolute atomic E-state index is 6.23. The average molecular weight is 396 g/mol. The topological polar surface area (TPSA) is 51.0 Å². The Labute approximate surface area is 166 Å². The van der Waals surface area contributed by atoms with E-state index in [-0.39, 0.29) is 0 Å². The molecule has 0 saturated carbocycles. The molecule has 0 aliphatic carbocycles. The summed E-state index contributed by atoms with van der Waals surface area (Å²) < 4.78 is 5.89. The largest absolute Gasteiger partial charge is 0.416 e. The molecule has 0 fully saturated rings. The van der Waals surface area contributed by atoms with Gasteiger partial charge in [-0.3, -0.25) is 0 Å². The van der Waals surface area contributed by atoms with Gasteiger partial charge in [-0.1, -0.05) is 53.5 Å². The van der Waals surface area contributed by atoms with Crippen molar-refractivity contribution < 1.29 is 4.42 Å². The van der Waals surface area contributed by atoms with Crippen molar-refractivity contribution >= 4 is 28.9 Å². The van der Waals surface area contributed by atoms with Crippen LogP contribution >= 0.6 is 23.2 Å². The number of nitrogens with one attached hydrogen (secondary N) is 1. The predicted molar refractivity (Wildman–Crippen MR) is 109 cm³/mol. The summed E-state index contributed by atoms with van der Waals surface area (Å²) in [6, 6.07) is 22.9. The lowest BCUT2D eigenvalue weighted by atomic mass is 10.1. The molecule has 0 spiro atoms. The minimum absolute atomic E-state index is 0.399. The summed E-state index contributed by atoms with van der Waals surface area (Å²) in [6.07, 6.45) is 0. The van der Waals surface area contributed by atoms with Gasteiger partial charge >= 0.3 is 0 Å².